The Bertz CT molecular complexity index is 4090. The van der Waals surface area contributed by atoms with E-state index in [9.17, 15) is 125 Å². The van der Waals surface area contributed by atoms with E-state index >= 15 is 0 Å². The van der Waals surface area contributed by atoms with Crippen molar-refractivity contribution in [3.63, 3.8) is 0 Å². The topological polar surface area (TPSA) is 527 Å². The second kappa shape index (κ2) is 58.2. The van der Waals surface area contributed by atoms with Gasteiger partial charge in [-0.2, -0.15) is 0 Å². The minimum absolute atomic E-state index is 0. The van der Waals surface area contributed by atoms with Gasteiger partial charge in [-0.25, -0.2) is 92.4 Å². The summed E-state index contributed by atoms with van der Waals surface area (Å²) in [5.74, 6) is -13.5. The van der Waals surface area contributed by atoms with Crippen molar-refractivity contribution in [1.82, 2.24) is 0 Å². The molecule has 3 unspecified atom stereocenters. The fraction of sp³-hybridized carbons (Fsp3) is 0.551. The molecule has 4 saturated carbocycles. The van der Waals surface area contributed by atoms with Crippen molar-refractivity contribution in [2.75, 3.05) is 116 Å². The van der Waals surface area contributed by atoms with Gasteiger partial charge in [0.05, 0.1) is 140 Å². The first kappa shape index (κ1) is 124. The number of ether oxygens (including phenoxy) is 7. The van der Waals surface area contributed by atoms with Gasteiger partial charge in [-0.15, -0.1) is 0 Å². The van der Waals surface area contributed by atoms with Crippen molar-refractivity contribution in [2.45, 2.75) is 110 Å². The number of hydrogen-bond acceptors (Lipinski definition) is 32. The summed E-state index contributed by atoms with van der Waals surface area (Å²) in [6.07, 6.45) is 3.09. The molecule has 0 radical (unpaired) electrons. The molecule has 640 valence electrons. The molecule has 0 amide bonds. The average molecular weight is 1760 g/mol. The Labute approximate surface area is 738 Å². The zero-order valence-corrected chi connectivity index (χ0v) is 74.9. The van der Waals surface area contributed by atoms with Crippen molar-refractivity contribution in [2.24, 2.45) is 17.3 Å². The van der Waals surface area contributed by atoms with Crippen LogP contribution in [0.3, 0.4) is 0 Å². The van der Waals surface area contributed by atoms with Crippen LogP contribution in [0.15, 0.2) is 135 Å². The Balaban J connectivity index is -0.000000237. The van der Waals surface area contributed by atoms with Crippen molar-refractivity contribution in [1.29, 1.82) is 0 Å². The van der Waals surface area contributed by atoms with E-state index in [1.807, 2.05) is 0 Å². The summed E-state index contributed by atoms with van der Waals surface area (Å²) in [6, 6.07) is 21.1. The molecule has 0 N–H and O–H groups in total. The molecule has 2 aromatic rings. The third-order valence-electron chi connectivity index (χ3n) is 13.9. The summed E-state index contributed by atoms with van der Waals surface area (Å²) in [5.41, 5.74) is 1.95. The normalized spacial score (nSPS) is 16.5. The van der Waals surface area contributed by atoms with E-state index < -0.39 is 200 Å². The maximum atomic E-state index is 12.8. The Hall–Kier alpha value is -4.87. The van der Waals surface area contributed by atoms with Gasteiger partial charge >= 0.3 is 128 Å². The van der Waals surface area contributed by atoms with Crippen LogP contribution in [0, 0.1) is 17.3 Å². The Morgan fingerprint density at radius 2 is 0.793 bits per heavy atom. The monoisotopic (exact) mass is 1760 g/mol. The number of halogens is 3. The molecule has 0 aromatic heterocycles. The molecule has 47 heteroatoms. The van der Waals surface area contributed by atoms with Crippen molar-refractivity contribution in [3.8, 4) is 0 Å². The zero-order chi connectivity index (χ0) is 87.7. The number of nitrogens with zero attached hydrogens (tertiary/aromatic N) is 2. The zero-order valence-electron chi connectivity index (χ0n) is 68.0. The molecule has 116 heavy (non-hydrogen) atoms. The fourth-order valence-corrected chi connectivity index (χ4v) is 12.3. The van der Waals surface area contributed by atoms with E-state index in [1.54, 1.807) is 0 Å². The van der Waals surface area contributed by atoms with Crippen LogP contribution in [-0.2, 0) is 141 Å². The number of carbonyl (C=O) groups excluding carboxylic acids is 7. The molecule has 0 saturated heterocycles. The van der Waals surface area contributed by atoms with E-state index in [-0.39, 0.29) is 121 Å². The van der Waals surface area contributed by atoms with Crippen LogP contribution in [0.2, 0.25) is 0 Å². The van der Waals surface area contributed by atoms with Crippen LogP contribution in [0.4, 0.5) is 13.2 Å². The van der Waals surface area contributed by atoms with E-state index in [2.05, 4.69) is 166 Å². The van der Waals surface area contributed by atoms with Gasteiger partial charge in [-0.05, 0) is 71.6 Å². The molecule has 2 aromatic carbocycles. The summed E-state index contributed by atoms with van der Waals surface area (Å²) in [7, 11) is -13.7. The molecule has 6 rings (SSSR count). The molecule has 4 fully saturated rings. The SMILES string of the molecule is C=C(C)C(=O)OCCC(F)(F)CS(=O)(=O)[O-].C=C(C)C(=O)OCCC(F)CS(=O)(=O)[O-].C=C(C)C(=O)OCCS(=O)(=O)[O-].C=C(C)C(=O)OCCS(=O)(=O)[O-].C=CC(=O)OC12CC3CC(C1)CC(C(=O)OCCS(=O)(=O)[O-])(C3)C2.C=CC(=O)OCCS(=O)(=O)[O-].C[N+](C)(C)Cc1ccccc1.C[N+](C)(C)Cc1ccccc1.[Li+].[Li+].[Li+].[Na+]. The maximum Gasteiger partial charge on any atom is 1.00 e. The molecule has 4 bridgehead atoms. The van der Waals surface area contributed by atoms with Crippen LogP contribution < -0.4 is 86.1 Å². The summed E-state index contributed by atoms with van der Waals surface area (Å²) in [4.78, 5) is 77.3. The summed E-state index contributed by atoms with van der Waals surface area (Å²) >= 11 is 0. The van der Waals surface area contributed by atoms with Crippen molar-refractivity contribution in [3.05, 3.63) is 146 Å². The smallest absolute Gasteiger partial charge is 0.748 e. The van der Waals surface area contributed by atoms with Crippen LogP contribution in [0.5, 0.6) is 0 Å². The maximum absolute atomic E-state index is 12.8. The van der Waals surface area contributed by atoms with Crippen molar-refractivity contribution < 1.29 is 253 Å². The number of carbonyl (C=O) groups is 7. The summed E-state index contributed by atoms with van der Waals surface area (Å²) in [6.45, 7) is 24.7. The third-order valence-corrected chi connectivity index (χ3v) is 18.1. The molecule has 4 aliphatic carbocycles. The molecular weight excluding hydrogens is 1660 g/mol. The third kappa shape index (κ3) is 70.9. The van der Waals surface area contributed by atoms with Crippen LogP contribution in [-0.4, -0.2) is 263 Å². The molecule has 0 aliphatic heterocycles. The Kier molecular flexibility index (Phi) is 62.4. The van der Waals surface area contributed by atoms with Crippen LogP contribution in [0.25, 0.3) is 0 Å². The molecule has 4 aliphatic rings. The van der Waals surface area contributed by atoms with E-state index in [4.69, 9.17) is 9.47 Å². The number of esters is 7. The molecular formula is C69H101F3Li3N2NaO32S6. The number of benzene rings is 2. The van der Waals surface area contributed by atoms with Gasteiger partial charge in [0.15, 0.2) is 0 Å². The first-order valence-electron chi connectivity index (χ1n) is 33.1. The summed E-state index contributed by atoms with van der Waals surface area (Å²) in [5, 5.41) is 0. The van der Waals surface area contributed by atoms with E-state index in [1.165, 1.54) is 38.8 Å². The minimum Gasteiger partial charge on any atom is -0.748 e. The summed E-state index contributed by atoms with van der Waals surface area (Å²) < 4.78 is 255. The number of hydrogen-bond donors (Lipinski definition) is 0. The van der Waals surface area contributed by atoms with Crippen LogP contribution >= 0.6 is 0 Å². The molecule has 0 heterocycles. The Morgan fingerprint density at radius 1 is 0.483 bits per heavy atom. The second-order valence-corrected chi connectivity index (χ2v) is 36.5. The quantitative estimate of drug-likeness (QED) is 0.0157. The Morgan fingerprint density at radius 3 is 1.09 bits per heavy atom. The van der Waals surface area contributed by atoms with Crippen LogP contribution in [0.1, 0.15) is 90.2 Å². The first-order valence-corrected chi connectivity index (χ1v) is 42.6. The minimum atomic E-state index is -5.01. The van der Waals surface area contributed by atoms with Gasteiger partial charge in [-0.1, -0.05) is 100 Å². The predicted molar refractivity (Wildman–Crippen MR) is 394 cm³/mol. The van der Waals surface area contributed by atoms with Gasteiger partial charge in [0.25, 0.3) is 5.92 Å². The van der Waals surface area contributed by atoms with Gasteiger partial charge < -0.3 is 69.4 Å². The number of quaternary nitrogens is 2. The van der Waals surface area contributed by atoms with Gasteiger partial charge in [0.1, 0.15) is 67.2 Å². The standard InChI is InChI=1S/C16H22O7S.2C10H16N.C8H12F2O5S.C8H13FO5S.2C6H10O5S.C5H8O5S.3Li.Na/c1-2-13(17)23-16-8-11-5-12(9-16)7-15(6-11,10-16)14(18)22-3-4-24(19,20)21;2*1-11(2,3)9-10-7-5-4-6-8-10;1-6(2)7(11)15-4-3-8(9,10)5-16(12,13)14;1-6(2)8(10)14-4-3-7(9)5-15(11,12)13;2*1-5(2)6(7)11-3-4-12(8,9)10;1-2-5(6)10-3-4-11(7,8)9;;;;/h2,11-12H,1,3-10H2,(H,19,20,21);2*4-8H,9H2,1-3H3;1,3-5H2,2H3,(H,12,13,14);7H,1,3-5H2,2H3,(H,11,12,13);2*1,3-4H2,2H3,(H,8,9,10);2H,1,3-4H2,(H,7,8,9);;;;/q;2*+1;;;;;;4*+1/p-6. The fourth-order valence-electron chi connectivity index (χ4n) is 9.92. The second-order valence-electron chi connectivity index (χ2n) is 27.6. The largest absolute Gasteiger partial charge is 1.00 e. The van der Waals surface area contributed by atoms with E-state index in [0.717, 1.165) is 53.5 Å². The average Bonchev–Trinajstić information content (AvgIpc) is 0.717. The van der Waals surface area contributed by atoms with Gasteiger partial charge in [-0.3, -0.25) is 4.79 Å². The molecule has 3 atom stereocenters. The molecule has 34 nitrogen and oxygen atoms in total. The van der Waals surface area contributed by atoms with E-state index in [0.29, 0.717) is 31.1 Å². The van der Waals surface area contributed by atoms with Gasteiger partial charge in [0.2, 0.25) is 0 Å². The predicted octanol–water partition coefficient (Wildman–Crippen LogP) is -7.44. The molecule has 0 spiro atoms. The number of rotatable bonds is 34. The van der Waals surface area contributed by atoms with Gasteiger partial charge in [0, 0.05) is 64.8 Å². The first-order chi connectivity index (χ1) is 50.7. The van der Waals surface area contributed by atoms with Crippen molar-refractivity contribution >= 4 is 102 Å². The number of alkyl halides is 3.